The van der Waals surface area contributed by atoms with Gasteiger partial charge in [-0.2, -0.15) is 0 Å². The molecule has 2 aromatic carbocycles. The molecule has 2 rings (SSSR count). The molecule has 4 nitrogen and oxygen atoms in total. The molecule has 0 spiro atoms. The predicted molar refractivity (Wildman–Crippen MR) is 74.6 cm³/mol. The molecule has 0 atom stereocenters. The van der Waals surface area contributed by atoms with Crippen LogP contribution in [0.1, 0.15) is 10.4 Å². The van der Waals surface area contributed by atoms with Gasteiger partial charge >= 0.3 is 0 Å². The molecule has 0 saturated carbocycles. The Morgan fingerprint density at radius 1 is 1.16 bits per heavy atom. The van der Waals surface area contributed by atoms with Crippen molar-refractivity contribution in [1.29, 1.82) is 0 Å². The maximum atomic E-state index is 13.1. The number of hydrogen-bond acceptors (Lipinski definition) is 3. The molecular formula is C13H11ClFN3O. The van der Waals surface area contributed by atoms with Crippen LogP contribution in [0.2, 0.25) is 5.02 Å². The van der Waals surface area contributed by atoms with Gasteiger partial charge in [-0.25, -0.2) is 4.39 Å². The van der Waals surface area contributed by atoms with Crippen LogP contribution in [0.3, 0.4) is 0 Å². The summed E-state index contributed by atoms with van der Waals surface area (Å²) in [6.07, 6.45) is 0. The zero-order valence-corrected chi connectivity index (χ0v) is 10.5. The van der Waals surface area contributed by atoms with Gasteiger partial charge in [-0.3, -0.25) is 4.79 Å². The van der Waals surface area contributed by atoms with Crippen molar-refractivity contribution in [2.45, 2.75) is 0 Å². The lowest BCUT2D eigenvalue weighted by molar-refractivity contribution is 0.102. The van der Waals surface area contributed by atoms with Crippen molar-refractivity contribution in [1.82, 2.24) is 0 Å². The van der Waals surface area contributed by atoms with E-state index in [-0.39, 0.29) is 22.0 Å². The van der Waals surface area contributed by atoms with Crippen molar-refractivity contribution in [3.05, 3.63) is 52.8 Å². The zero-order valence-electron chi connectivity index (χ0n) is 9.78. The molecule has 0 aliphatic rings. The molecule has 0 saturated heterocycles. The molecular weight excluding hydrogens is 269 g/mol. The highest BCUT2D eigenvalue weighted by molar-refractivity contribution is 6.34. The molecule has 0 aliphatic carbocycles. The second-order valence-electron chi connectivity index (χ2n) is 3.92. The zero-order chi connectivity index (χ0) is 14.0. The molecule has 6 heteroatoms. The quantitative estimate of drug-likeness (QED) is 0.739. The van der Waals surface area contributed by atoms with E-state index in [1.54, 1.807) is 6.07 Å². The van der Waals surface area contributed by atoms with Crippen LogP contribution in [0.5, 0.6) is 0 Å². The summed E-state index contributed by atoms with van der Waals surface area (Å²) in [6, 6.07) is 8.22. The third-order valence-electron chi connectivity index (χ3n) is 2.50. The fourth-order valence-corrected chi connectivity index (χ4v) is 1.74. The first-order chi connectivity index (χ1) is 8.97. The predicted octanol–water partition coefficient (Wildman–Crippen LogP) is 2.90. The van der Waals surface area contributed by atoms with E-state index in [0.29, 0.717) is 5.69 Å². The van der Waals surface area contributed by atoms with Crippen molar-refractivity contribution < 1.29 is 9.18 Å². The third kappa shape index (κ3) is 2.95. The van der Waals surface area contributed by atoms with Crippen molar-refractivity contribution in [3.8, 4) is 0 Å². The summed E-state index contributed by atoms with van der Waals surface area (Å²) >= 11 is 5.86. The van der Waals surface area contributed by atoms with Gasteiger partial charge < -0.3 is 16.8 Å². The maximum absolute atomic E-state index is 13.1. The molecule has 5 N–H and O–H groups in total. The molecule has 0 unspecified atom stereocenters. The molecule has 2 aromatic rings. The van der Waals surface area contributed by atoms with Crippen LogP contribution >= 0.6 is 11.6 Å². The lowest BCUT2D eigenvalue weighted by Gasteiger charge is -2.09. The van der Waals surface area contributed by atoms with Gasteiger partial charge in [-0.1, -0.05) is 11.6 Å². The Balaban J connectivity index is 2.28. The van der Waals surface area contributed by atoms with Crippen molar-refractivity contribution in [2.24, 2.45) is 0 Å². The minimum absolute atomic E-state index is 0.183. The summed E-state index contributed by atoms with van der Waals surface area (Å²) in [5, 5.41) is 2.74. The molecule has 19 heavy (non-hydrogen) atoms. The number of carbonyl (C=O) groups is 1. The summed E-state index contributed by atoms with van der Waals surface area (Å²) < 4.78 is 13.1. The average molecular weight is 280 g/mol. The van der Waals surface area contributed by atoms with Crippen LogP contribution in [0.15, 0.2) is 36.4 Å². The largest absolute Gasteiger partial charge is 0.399 e. The minimum atomic E-state index is -0.495. The normalized spacial score (nSPS) is 10.2. The number of hydrogen-bond donors (Lipinski definition) is 3. The van der Waals surface area contributed by atoms with E-state index in [1.165, 1.54) is 24.3 Å². The molecule has 0 heterocycles. The Morgan fingerprint density at radius 3 is 2.58 bits per heavy atom. The first kappa shape index (κ1) is 13.2. The number of rotatable bonds is 2. The molecule has 0 aromatic heterocycles. The van der Waals surface area contributed by atoms with Gasteiger partial charge in [0.1, 0.15) is 5.82 Å². The van der Waals surface area contributed by atoms with Gasteiger partial charge in [0.05, 0.1) is 16.3 Å². The van der Waals surface area contributed by atoms with Crippen molar-refractivity contribution in [2.75, 3.05) is 16.8 Å². The molecule has 0 fully saturated rings. The van der Waals surface area contributed by atoms with Crippen molar-refractivity contribution in [3.63, 3.8) is 0 Å². The summed E-state index contributed by atoms with van der Waals surface area (Å²) in [5.74, 6) is -0.977. The number of anilines is 3. The number of nitrogens with one attached hydrogen (secondary N) is 1. The fraction of sp³-hybridized carbons (Fsp3) is 0. The second-order valence-corrected chi connectivity index (χ2v) is 4.33. The Morgan fingerprint density at radius 2 is 1.89 bits per heavy atom. The summed E-state index contributed by atoms with van der Waals surface area (Å²) in [6.45, 7) is 0. The van der Waals surface area contributed by atoms with E-state index in [2.05, 4.69) is 5.32 Å². The highest BCUT2D eigenvalue weighted by Gasteiger charge is 2.12. The molecule has 0 aliphatic heterocycles. The summed E-state index contributed by atoms with van der Waals surface area (Å²) in [7, 11) is 0. The topological polar surface area (TPSA) is 81.1 Å². The Hall–Kier alpha value is -2.27. The lowest BCUT2D eigenvalue weighted by atomic mass is 10.1. The standard InChI is InChI=1S/C13H11ClFN3O/c14-10-4-1-7(15)5-12(10)18-13(19)9-3-2-8(16)6-11(9)17/h1-6H,16-17H2,(H,18,19). The first-order valence-electron chi connectivity index (χ1n) is 5.39. The van der Waals surface area contributed by atoms with Gasteiger partial charge in [0.15, 0.2) is 0 Å². The summed E-state index contributed by atoms with van der Waals surface area (Å²) in [5.41, 5.74) is 12.4. The lowest BCUT2D eigenvalue weighted by Crippen LogP contribution is -2.14. The van der Waals surface area contributed by atoms with Gasteiger partial charge in [-0.05, 0) is 36.4 Å². The Labute approximate surface area is 114 Å². The van der Waals surface area contributed by atoms with Crippen LogP contribution in [0, 0.1) is 5.82 Å². The van der Waals surface area contributed by atoms with E-state index < -0.39 is 11.7 Å². The SMILES string of the molecule is Nc1ccc(C(=O)Nc2cc(F)ccc2Cl)c(N)c1. The van der Waals surface area contributed by atoms with E-state index in [0.717, 1.165) is 6.07 Å². The monoisotopic (exact) mass is 279 g/mol. The maximum Gasteiger partial charge on any atom is 0.257 e. The van der Waals surface area contributed by atoms with E-state index in [4.69, 9.17) is 23.1 Å². The molecule has 1 amide bonds. The van der Waals surface area contributed by atoms with E-state index in [1.807, 2.05) is 0 Å². The highest BCUT2D eigenvalue weighted by Crippen LogP contribution is 2.24. The van der Waals surface area contributed by atoms with E-state index >= 15 is 0 Å². The van der Waals surface area contributed by atoms with Crippen LogP contribution in [0.25, 0.3) is 0 Å². The molecule has 98 valence electrons. The average Bonchev–Trinajstić information content (AvgIpc) is 2.33. The van der Waals surface area contributed by atoms with Gasteiger partial charge in [0.25, 0.3) is 5.91 Å². The van der Waals surface area contributed by atoms with Crippen LogP contribution < -0.4 is 16.8 Å². The Bertz CT molecular complexity index is 646. The van der Waals surface area contributed by atoms with Gasteiger partial charge in [0, 0.05) is 11.4 Å². The number of nitrogens with two attached hydrogens (primary N) is 2. The molecule has 0 radical (unpaired) electrons. The second kappa shape index (κ2) is 5.16. The minimum Gasteiger partial charge on any atom is -0.399 e. The fourth-order valence-electron chi connectivity index (χ4n) is 1.57. The number of nitrogen functional groups attached to an aromatic ring is 2. The number of carbonyl (C=O) groups excluding carboxylic acids is 1. The van der Waals surface area contributed by atoms with Crippen molar-refractivity contribution >= 4 is 34.6 Å². The van der Waals surface area contributed by atoms with Gasteiger partial charge in [0.2, 0.25) is 0 Å². The van der Waals surface area contributed by atoms with E-state index in [9.17, 15) is 9.18 Å². The summed E-state index contributed by atoms with van der Waals surface area (Å²) in [4.78, 5) is 12.0. The number of amides is 1. The third-order valence-corrected chi connectivity index (χ3v) is 2.83. The van der Waals surface area contributed by atoms with Crippen LogP contribution in [-0.4, -0.2) is 5.91 Å². The Kier molecular flexibility index (Phi) is 3.57. The number of halogens is 2. The van der Waals surface area contributed by atoms with Gasteiger partial charge in [-0.15, -0.1) is 0 Å². The van der Waals surface area contributed by atoms with Crippen LogP contribution in [-0.2, 0) is 0 Å². The highest BCUT2D eigenvalue weighted by atomic mass is 35.5. The molecule has 0 bridgehead atoms. The number of benzene rings is 2. The first-order valence-corrected chi connectivity index (χ1v) is 5.76. The smallest absolute Gasteiger partial charge is 0.257 e. The van der Waals surface area contributed by atoms with Crippen LogP contribution in [0.4, 0.5) is 21.5 Å².